The van der Waals surface area contributed by atoms with E-state index in [1.165, 1.54) is 0 Å². The largest absolute Gasteiger partial charge is 0.449 e. The fourth-order valence-corrected chi connectivity index (χ4v) is 3.60. The predicted molar refractivity (Wildman–Crippen MR) is 90.4 cm³/mol. The molecule has 0 aromatic heterocycles. The fraction of sp³-hybridized carbons (Fsp3) is 0.944. The van der Waals surface area contributed by atoms with E-state index >= 15 is 0 Å². The molecule has 0 spiro atoms. The van der Waals surface area contributed by atoms with Gasteiger partial charge in [-0.25, -0.2) is 13.6 Å². The molecule has 140 valence electrons. The molecule has 1 atom stereocenters. The molecule has 2 fully saturated rings. The molecule has 1 saturated heterocycles. The highest BCUT2D eigenvalue weighted by Gasteiger charge is 2.34. The van der Waals surface area contributed by atoms with Gasteiger partial charge >= 0.3 is 6.09 Å². The summed E-state index contributed by atoms with van der Waals surface area (Å²) >= 11 is 0. The number of rotatable bonds is 7. The van der Waals surface area contributed by atoms with Gasteiger partial charge in [0.25, 0.3) is 0 Å². The summed E-state index contributed by atoms with van der Waals surface area (Å²) in [4.78, 5) is 13.8. The second kappa shape index (κ2) is 9.54. The van der Waals surface area contributed by atoms with Crippen molar-refractivity contribution in [2.75, 3.05) is 26.2 Å². The molecule has 1 aliphatic carbocycles. The van der Waals surface area contributed by atoms with Crippen LogP contribution in [0.2, 0.25) is 0 Å². The van der Waals surface area contributed by atoms with Gasteiger partial charge in [0.15, 0.2) is 0 Å². The van der Waals surface area contributed by atoms with Crippen LogP contribution in [0.3, 0.4) is 0 Å². The number of nitrogens with zero attached hydrogens (tertiary/aromatic N) is 1. The third kappa shape index (κ3) is 6.54. The highest BCUT2D eigenvalue weighted by atomic mass is 19.3. The summed E-state index contributed by atoms with van der Waals surface area (Å²) in [6, 6.07) is 0.225. The standard InChI is InChI=1S/C18H32F2N2O2/c1-2-3-13-24-17(23)22-12-4-5-15(14-22)8-11-21-16-6-9-18(19,20)10-7-16/h15-16,21H,2-14H2,1H3/t15-/m1/s1. The van der Waals surface area contributed by atoms with Crippen molar-refractivity contribution in [3.05, 3.63) is 0 Å². The monoisotopic (exact) mass is 346 g/mol. The zero-order valence-corrected chi connectivity index (χ0v) is 14.9. The van der Waals surface area contributed by atoms with E-state index in [9.17, 15) is 13.6 Å². The van der Waals surface area contributed by atoms with E-state index in [2.05, 4.69) is 12.2 Å². The highest BCUT2D eigenvalue weighted by Crippen LogP contribution is 2.33. The molecule has 0 unspecified atom stereocenters. The van der Waals surface area contributed by atoms with Crippen molar-refractivity contribution in [2.45, 2.75) is 76.7 Å². The van der Waals surface area contributed by atoms with E-state index in [0.717, 1.165) is 51.7 Å². The van der Waals surface area contributed by atoms with E-state index in [1.54, 1.807) is 0 Å². The lowest BCUT2D eigenvalue weighted by atomic mass is 9.91. The van der Waals surface area contributed by atoms with Gasteiger partial charge in [-0.1, -0.05) is 13.3 Å². The first-order valence-electron chi connectivity index (χ1n) is 9.53. The van der Waals surface area contributed by atoms with Crippen LogP contribution in [0.25, 0.3) is 0 Å². The van der Waals surface area contributed by atoms with E-state index < -0.39 is 5.92 Å². The SMILES string of the molecule is CCCCOC(=O)N1CCC[C@H](CCNC2CCC(F)(F)CC2)C1. The first-order chi connectivity index (χ1) is 11.5. The molecule has 0 radical (unpaired) electrons. The number of unbranched alkanes of at least 4 members (excludes halogenated alkanes) is 1. The van der Waals surface area contributed by atoms with Crippen LogP contribution >= 0.6 is 0 Å². The highest BCUT2D eigenvalue weighted by molar-refractivity contribution is 5.67. The van der Waals surface area contributed by atoms with Gasteiger partial charge in [0.2, 0.25) is 5.92 Å². The average Bonchev–Trinajstić information content (AvgIpc) is 2.57. The lowest BCUT2D eigenvalue weighted by molar-refractivity contribution is -0.0404. The minimum Gasteiger partial charge on any atom is -0.449 e. The lowest BCUT2D eigenvalue weighted by Crippen LogP contribution is -2.42. The lowest BCUT2D eigenvalue weighted by Gasteiger charge is -2.33. The van der Waals surface area contributed by atoms with Gasteiger partial charge in [0.1, 0.15) is 0 Å². The topological polar surface area (TPSA) is 41.6 Å². The zero-order valence-electron chi connectivity index (χ0n) is 14.9. The Morgan fingerprint density at radius 1 is 1.29 bits per heavy atom. The van der Waals surface area contributed by atoms with E-state index in [4.69, 9.17) is 4.74 Å². The minimum atomic E-state index is -2.46. The van der Waals surface area contributed by atoms with E-state index in [0.29, 0.717) is 25.4 Å². The Hall–Kier alpha value is -0.910. The van der Waals surface area contributed by atoms with Crippen molar-refractivity contribution in [3.8, 4) is 0 Å². The number of hydrogen-bond acceptors (Lipinski definition) is 3. The normalized spacial score (nSPS) is 24.8. The number of carbonyl (C=O) groups excluding carboxylic acids is 1. The maximum absolute atomic E-state index is 13.1. The smallest absolute Gasteiger partial charge is 0.409 e. The average molecular weight is 346 g/mol. The van der Waals surface area contributed by atoms with Crippen molar-refractivity contribution in [2.24, 2.45) is 5.92 Å². The summed E-state index contributed by atoms with van der Waals surface area (Å²) in [6.07, 6.45) is 6.02. The molecule has 1 N–H and O–H groups in total. The Kier molecular flexibility index (Phi) is 7.72. The molecule has 1 amide bonds. The Morgan fingerprint density at radius 2 is 2.04 bits per heavy atom. The molecule has 6 heteroatoms. The predicted octanol–water partition coefficient (Wildman–Crippen LogP) is 4.19. The second-order valence-electron chi connectivity index (χ2n) is 7.30. The van der Waals surface area contributed by atoms with Crippen LogP contribution in [0.5, 0.6) is 0 Å². The number of halogens is 2. The number of likely N-dealkylation sites (tertiary alicyclic amines) is 1. The third-order valence-electron chi connectivity index (χ3n) is 5.20. The molecule has 0 aromatic rings. The van der Waals surface area contributed by atoms with Gasteiger partial charge < -0.3 is 15.0 Å². The molecule has 4 nitrogen and oxygen atoms in total. The molecule has 0 aromatic carbocycles. The fourth-order valence-electron chi connectivity index (χ4n) is 3.60. The Bertz CT molecular complexity index is 383. The van der Waals surface area contributed by atoms with Gasteiger partial charge in [-0.2, -0.15) is 0 Å². The van der Waals surface area contributed by atoms with E-state index in [-0.39, 0.29) is 25.0 Å². The number of alkyl halides is 2. The van der Waals surface area contributed by atoms with Gasteiger partial charge in [-0.05, 0) is 51.0 Å². The van der Waals surface area contributed by atoms with Crippen LogP contribution in [0.1, 0.15) is 64.7 Å². The number of carbonyl (C=O) groups is 1. The molecule has 1 aliphatic heterocycles. The second-order valence-corrected chi connectivity index (χ2v) is 7.30. The maximum Gasteiger partial charge on any atom is 0.409 e. The van der Waals surface area contributed by atoms with Crippen molar-refractivity contribution in [3.63, 3.8) is 0 Å². The van der Waals surface area contributed by atoms with Gasteiger partial charge in [0.05, 0.1) is 6.61 Å². The maximum atomic E-state index is 13.1. The van der Waals surface area contributed by atoms with Crippen LogP contribution in [0, 0.1) is 5.92 Å². The van der Waals surface area contributed by atoms with Crippen molar-refractivity contribution in [1.82, 2.24) is 10.2 Å². The molecular formula is C18H32F2N2O2. The summed E-state index contributed by atoms with van der Waals surface area (Å²) in [6.45, 7) is 4.97. The third-order valence-corrected chi connectivity index (χ3v) is 5.20. The Balaban J connectivity index is 1.61. The van der Waals surface area contributed by atoms with Crippen LogP contribution in [0.15, 0.2) is 0 Å². The number of ether oxygens (including phenoxy) is 1. The minimum absolute atomic E-state index is 0.00543. The van der Waals surface area contributed by atoms with Crippen LogP contribution in [-0.4, -0.2) is 49.2 Å². The number of hydrogen-bond donors (Lipinski definition) is 1. The van der Waals surface area contributed by atoms with Crippen LogP contribution in [-0.2, 0) is 4.74 Å². The van der Waals surface area contributed by atoms with Gasteiger partial charge in [-0.3, -0.25) is 0 Å². The van der Waals surface area contributed by atoms with Gasteiger partial charge in [-0.15, -0.1) is 0 Å². The van der Waals surface area contributed by atoms with Crippen molar-refractivity contribution >= 4 is 6.09 Å². The summed E-state index contributed by atoms with van der Waals surface area (Å²) in [5.74, 6) is -1.98. The first-order valence-corrected chi connectivity index (χ1v) is 9.53. The van der Waals surface area contributed by atoms with E-state index in [1.807, 2.05) is 4.90 Å². The van der Waals surface area contributed by atoms with Crippen LogP contribution < -0.4 is 5.32 Å². The quantitative estimate of drug-likeness (QED) is 0.703. The molecule has 0 bridgehead atoms. The summed E-state index contributed by atoms with van der Waals surface area (Å²) in [5, 5.41) is 3.42. The first kappa shape index (κ1) is 19.4. The molecular weight excluding hydrogens is 314 g/mol. The van der Waals surface area contributed by atoms with Gasteiger partial charge in [0, 0.05) is 32.0 Å². The molecule has 1 saturated carbocycles. The molecule has 2 aliphatic rings. The summed E-state index contributed by atoms with van der Waals surface area (Å²) < 4.78 is 31.6. The number of piperidine rings is 1. The van der Waals surface area contributed by atoms with Crippen molar-refractivity contribution in [1.29, 1.82) is 0 Å². The number of amides is 1. The zero-order chi connectivity index (χ0) is 17.4. The summed E-state index contributed by atoms with van der Waals surface area (Å²) in [5.41, 5.74) is 0. The molecule has 1 heterocycles. The number of nitrogens with one attached hydrogen (secondary N) is 1. The molecule has 2 rings (SSSR count). The van der Waals surface area contributed by atoms with Crippen LogP contribution in [0.4, 0.5) is 13.6 Å². The van der Waals surface area contributed by atoms with Crippen molar-refractivity contribution < 1.29 is 18.3 Å². The summed E-state index contributed by atoms with van der Waals surface area (Å²) in [7, 11) is 0. The molecule has 24 heavy (non-hydrogen) atoms. The Morgan fingerprint density at radius 3 is 2.75 bits per heavy atom. The Labute approximate surface area is 144 Å².